The number of fused-ring (bicyclic) bond motifs is 1. The number of amides is 1. The summed E-state index contributed by atoms with van der Waals surface area (Å²) in [7, 11) is 1.62. The molecule has 0 spiro atoms. The van der Waals surface area contributed by atoms with E-state index in [0.29, 0.717) is 6.54 Å². The average Bonchev–Trinajstić information content (AvgIpc) is 2.85. The number of rotatable bonds is 4. The van der Waals surface area contributed by atoms with Crippen molar-refractivity contribution in [1.29, 1.82) is 0 Å². The van der Waals surface area contributed by atoms with Gasteiger partial charge in [0.05, 0.1) is 13.7 Å². The number of aryl methyl sites for hydroxylation is 1. The van der Waals surface area contributed by atoms with Crippen molar-refractivity contribution in [2.24, 2.45) is 0 Å². The lowest BCUT2D eigenvalue weighted by atomic mass is 10.1. The first-order valence-corrected chi connectivity index (χ1v) is 7.30. The van der Waals surface area contributed by atoms with E-state index in [1.54, 1.807) is 7.11 Å². The summed E-state index contributed by atoms with van der Waals surface area (Å²) < 4.78 is 5.20. The monoisotopic (exact) mass is 281 g/mol. The molecule has 21 heavy (non-hydrogen) atoms. The van der Waals surface area contributed by atoms with Crippen LogP contribution in [0.25, 0.3) is 0 Å². The van der Waals surface area contributed by atoms with Crippen LogP contribution in [0.5, 0.6) is 5.75 Å². The first kappa shape index (κ1) is 13.7. The molecule has 0 aromatic heterocycles. The number of nitrogens with zero attached hydrogens (tertiary/aromatic N) is 1. The minimum absolute atomic E-state index is 0.0483. The molecule has 0 saturated carbocycles. The first-order valence-electron chi connectivity index (χ1n) is 7.30. The average molecular weight is 281 g/mol. The Morgan fingerprint density at radius 1 is 1.14 bits per heavy atom. The zero-order chi connectivity index (χ0) is 14.8. The molecule has 3 heteroatoms. The molecular weight excluding hydrogens is 262 g/mol. The van der Waals surface area contributed by atoms with E-state index in [9.17, 15) is 4.79 Å². The van der Waals surface area contributed by atoms with Gasteiger partial charge in [0.1, 0.15) is 5.75 Å². The summed E-state index contributed by atoms with van der Waals surface area (Å²) in [4.78, 5) is 14.4. The van der Waals surface area contributed by atoms with Gasteiger partial charge < -0.3 is 9.64 Å². The Bertz CT molecular complexity index is 661. The highest BCUT2D eigenvalue weighted by atomic mass is 16.5. The van der Waals surface area contributed by atoms with Gasteiger partial charge in [-0.05, 0) is 41.8 Å². The van der Waals surface area contributed by atoms with E-state index in [4.69, 9.17) is 4.74 Å². The van der Waals surface area contributed by atoms with E-state index < -0.39 is 0 Å². The van der Waals surface area contributed by atoms with Crippen molar-refractivity contribution in [3.8, 4) is 5.75 Å². The molecule has 1 aliphatic rings. The van der Waals surface area contributed by atoms with Gasteiger partial charge in [-0.15, -0.1) is 0 Å². The van der Waals surface area contributed by atoms with Gasteiger partial charge in [-0.25, -0.2) is 0 Å². The highest BCUT2D eigenvalue weighted by Gasteiger charge is 2.28. The first-order chi connectivity index (χ1) is 10.2. The van der Waals surface area contributed by atoms with Crippen LogP contribution in [0.1, 0.15) is 34.8 Å². The maximum Gasteiger partial charge on any atom is 0.259 e. The van der Waals surface area contributed by atoms with E-state index in [1.807, 2.05) is 35.2 Å². The van der Waals surface area contributed by atoms with Crippen molar-refractivity contribution in [3.05, 3.63) is 59.2 Å². The van der Waals surface area contributed by atoms with Gasteiger partial charge in [-0.3, -0.25) is 4.79 Å². The van der Waals surface area contributed by atoms with Crippen LogP contribution >= 0.6 is 0 Å². The van der Waals surface area contributed by atoms with Gasteiger partial charge in [0.15, 0.2) is 0 Å². The fourth-order valence-corrected chi connectivity index (χ4v) is 2.75. The number of benzene rings is 2. The molecule has 3 nitrogen and oxygen atoms in total. The second kappa shape index (κ2) is 5.60. The minimum Gasteiger partial charge on any atom is -0.497 e. The van der Waals surface area contributed by atoms with E-state index in [0.717, 1.165) is 35.4 Å². The topological polar surface area (TPSA) is 29.5 Å². The molecule has 1 heterocycles. The third-order valence-corrected chi connectivity index (χ3v) is 3.91. The van der Waals surface area contributed by atoms with E-state index in [2.05, 4.69) is 19.1 Å². The van der Waals surface area contributed by atoms with Crippen LogP contribution in [-0.4, -0.2) is 13.0 Å². The molecule has 0 bridgehead atoms. The van der Waals surface area contributed by atoms with Crippen LogP contribution in [-0.2, 0) is 13.0 Å². The summed E-state index contributed by atoms with van der Waals surface area (Å²) in [5.41, 5.74) is 4.06. The molecule has 0 aliphatic carbocycles. The second-order valence-electron chi connectivity index (χ2n) is 5.33. The Morgan fingerprint density at radius 3 is 2.57 bits per heavy atom. The van der Waals surface area contributed by atoms with Crippen molar-refractivity contribution >= 4 is 11.6 Å². The second-order valence-corrected chi connectivity index (χ2v) is 5.33. The molecule has 0 N–H and O–H groups in total. The third-order valence-electron chi connectivity index (χ3n) is 3.91. The number of hydrogen-bond acceptors (Lipinski definition) is 2. The zero-order valence-electron chi connectivity index (χ0n) is 12.4. The summed E-state index contributed by atoms with van der Waals surface area (Å²) in [5.74, 6) is 0.773. The molecule has 0 unspecified atom stereocenters. The molecule has 2 aromatic rings. The third kappa shape index (κ3) is 2.51. The number of carbonyl (C=O) groups is 1. The Balaban J connectivity index is 1.87. The zero-order valence-corrected chi connectivity index (χ0v) is 12.4. The molecule has 0 saturated heterocycles. The lowest BCUT2D eigenvalue weighted by Gasteiger charge is -2.16. The van der Waals surface area contributed by atoms with E-state index >= 15 is 0 Å². The number of hydrogen-bond donors (Lipinski definition) is 0. The Labute approximate surface area is 125 Å². The van der Waals surface area contributed by atoms with Crippen LogP contribution in [0.4, 0.5) is 5.69 Å². The summed E-state index contributed by atoms with van der Waals surface area (Å²) in [6.45, 7) is 2.80. The number of anilines is 1. The summed E-state index contributed by atoms with van der Waals surface area (Å²) in [6.07, 6.45) is 2.21. The maximum atomic E-state index is 12.5. The molecule has 3 rings (SSSR count). The van der Waals surface area contributed by atoms with Crippen molar-refractivity contribution in [1.82, 2.24) is 0 Å². The fourth-order valence-electron chi connectivity index (χ4n) is 2.75. The quantitative estimate of drug-likeness (QED) is 0.853. The molecule has 0 fully saturated rings. The van der Waals surface area contributed by atoms with Gasteiger partial charge in [0, 0.05) is 11.3 Å². The van der Waals surface area contributed by atoms with Crippen LogP contribution in [0.2, 0.25) is 0 Å². The van der Waals surface area contributed by atoms with Crippen molar-refractivity contribution < 1.29 is 9.53 Å². The lowest BCUT2D eigenvalue weighted by Crippen LogP contribution is -2.22. The molecule has 1 aliphatic heterocycles. The van der Waals surface area contributed by atoms with E-state index in [-0.39, 0.29) is 5.91 Å². The van der Waals surface area contributed by atoms with Gasteiger partial charge in [-0.1, -0.05) is 31.5 Å². The molecule has 0 atom stereocenters. The van der Waals surface area contributed by atoms with Gasteiger partial charge in [-0.2, -0.15) is 0 Å². The predicted octanol–water partition coefficient (Wildman–Crippen LogP) is 3.81. The van der Waals surface area contributed by atoms with Crippen LogP contribution in [0, 0.1) is 0 Å². The van der Waals surface area contributed by atoms with Crippen molar-refractivity contribution in [2.45, 2.75) is 26.3 Å². The standard InChI is InChI=1S/C18H19NO2/c1-3-4-13-5-8-15(9-6-13)19-12-14-7-10-16(21-2)11-17(14)18(19)20/h5-11H,3-4,12H2,1-2H3. The van der Waals surface area contributed by atoms with Crippen LogP contribution < -0.4 is 9.64 Å². The fraction of sp³-hybridized carbons (Fsp3) is 0.278. The Hall–Kier alpha value is -2.29. The Kier molecular flexibility index (Phi) is 3.65. The number of methoxy groups -OCH3 is 1. The van der Waals surface area contributed by atoms with Gasteiger partial charge in [0.2, 0.25) is 0 Å². The summed E-state index contributed by atoms with van der Waals surface area (Å²) >= 11 is 0. The minimum atomic E-state index is 0.0483. The van der Waals surface area contributed by atoms with Crippen molar-refractivity contribution in [2.75, 3.05) is 12.0 Å². The predicted molar refractivity (Wildman–Crippen MR) is 83.9 cm³/mol. The van der Waals surface area contributed by atoms with Crippen molar-refractivity contribution in [3.63, 3.8) is 0 Å². The highest BCUT2D eigenvalue weighted by Crippen LogP contribution is 2.30. The largest absolute Gasteiger partial charge is 0.497 e. The maximum absolute atomic E-state index is 12.5. The summed E-state index contributed by atoms with van der Waals surface area (Å²) in [6, 6.07) is 14.0. The molecule has 0 radical (unpaired) electrons. The molecule has 1 amide bonds. The van der Waals surface area contributed by atoms with E-state index in [1.165, 1.54) is 5.56 Å². The molecule has 108 valence electrons. The number of carbonyl (C=O) groups excluding carboxylic acids is 1. The molecular formula is C18H19NO2. The SMILES string of the molecule is CCCc1ccc(N2Cc3ccc(OC)cc3C2=O)cc1. The van der Waals surface area contributed by atoms with Gasteiger partial charge in [0.25, 0.3) is 5.91 Å². The van der Waals surface area contributed by atoms with Crippen LogP contribution in [0.15, 0.2) is 42.5 Å². The highest BCUT2D eigenvalue weighted by molar-refractivity contribution is 6.10. The number of ether oxygens (including phenoxy) is 1. The molecule has 2 aromatic carbocycles. The van der Waals surface area contributed by atoms with Gasteiger partial charge >= 0.3 is 0 Å². The summed E-state index contributed by atoms with van der Waals surface area (Å²) in [5, 5.41) is 0. The van der Waals surface area contributed by atoms with Crippen LogP contribution in [0.3, 0.4) is 0 Å². The lowest BCUT2D eigenvalue weighted by molar-refractivity contribution is 0.0996. The normalized spacial score (nSPS) is 13.4. The Morgan fingerprint density at radius 2 is 1.90 bits per heavy atom. The smallest absolute Gasteiger partial charge is 0.259 e.